The first kappa shape index (κ1) is 39.0. The zero-order valence-corrected chi connectivity index (χ0v) is 31.9. The van der Waals surface area contributed by atoms with Crippen molar-refractivity contribution < 1.29 is 0 Å². The van der Waals surface area contributed by atoms with E-state index in [1.54, 1.807) is 102 Å². The van der Waals surface area contributed by atoms with E-state index in [-0.39, 0.29) is 15.8 Å². The van der Waals surface area contributed by atoms with E-state index in [1.807, 2.05) is 0 Å². The Kier molecular flexibility index (Phi) is 22.4. The van der Waals surface area contributed by atoms with Crippen molar-refractivity contribution in [3.05, 3.63) is 0 Å². The smallest absolute Gasteiger partial charge is 0.000412 e. The summed E-state index contributed by atoms with van der Waals surface area (Å²) < 4.78 is 0. The average Bonchev–Trinajstić information content (AvgIpc) is 3.61. The molecule has 2 fully saturated rings. The molecule has 0 aromatic heterocycles. The van der Waals surface area contributed by atoms with Gasteiger partial charge in [0.1, 0.15) is 0 Å². The summed E-state index contributed by atoms with van der Waals surface area (Å²) in [6.07, 6.45) is 48.9. The average molecular weight is 623 g/mol. The maximum absolute atomic E-state index is 2.40. The van der Waals surface area contributed by atoms with Crippen LogP contribution in [0.3, 0.4) is 0 Å². The topological polar surface area (TPSA) is 0 Å². The first-order valence-electron chi connectivity index (χ1n) is 20.2. The Morgan fingerprint density at radius 2 is 0.714 bits per heavy atom. The number of rotatable bonds is 28. The van der Waals surface area contributed by atoms with Gasteiger partial charge in [0.25, 0.3) is 0 Å². The third kappa shape index (κ3) is 13.3. The highest BCUT2D eigenvalue weighted by molar-refractivity contribution is 7.77. The molecule has 0 aromatic carbocycles. The molecule has 0 amide bonds. The van der Waals surface area contributed by atoms with Crippen LogP contribution in [0.2, 0.25) is 0 Å². The minimum absolute atomic E-state index is 0.193. The third-order valence-corrected chi connectivity index (χ3v) is 20.6. The van der Waals surface area contributed by atoms with Gasteiger partial charge in [0.15, 0.2) is 0 Å². The van der Waals surface area contributed by atoms with Gasteiger partial charge in [-0.05, 0) is 80.4 Å². The maximum Gasteiger partial charge on any atom is 0.000412 e. The van der Waals surface area contributed by atoms with Gasteiger partial charge in [0, 0.05) is 5.40 Å². The molecule has 0 radical (unpaired) electrons. The Morgan fingerprint density at radius 1 is 0.405 bits per heavy atom. The van der Waals surface area contributed by atoms with Crippen LogP contribution in [0, 0.1) is 0 Å². The third-order valence-electron chi connectivity index (χ3n) is 11.6. The van der Waals surface area contributed by atoms with Crippen LogP contribution in [0.15, 0.2) is 0 Å². The van der Waals surface area contributed by atoms with Crippen molar-refractivity contribution in [2.75, 3.05) is 12.3 Å². The lowest BCUT2D eigenvalue weighted by molar-refractivity contribution is 0.423. The highest BCUT2D eigenvalue weighted by atomic mass is 31.2. The van der Waals surface area contributed by atoms with E-state index >= 15 is 0 Å². The molecular weight excluding hydrogens is 542 g/mol. The molecule has 2 heteroatoms. The Labute approximate surface area is 270 Å². The van der Waals surface area contributed by atoms with Gasteiger partial charge in [0.2, 0.25) is 0 Å². The fourth-order valence-corrected chi connectivity index (χ4v) is 20.1. The number of hydrogen-bond acceptors (Lipinski definition) is 0. The van der Waals surface area contributed by atoms with Crippen molar-refractivity contribution in [1.29, 1.82) is 0 Å². The summed E-state index contributed by atoms with van der Waals surface area (Å²) in [4.78, 5) is 0. The van der Waals surface area contributed by atoms with E-state index in [9.17, 15) is 0 Å². The Balaban J connectivity index is 2.35. The fraction of sp³-hybridized carbons (Fsp3) is 1.00. The maximum atomic E-state index is 2.40. The summed E-state index contributed by atoms with van der Waals surface area (Å²) >= 11 is 0. The number of hydrogen-bond donors (Lipinski definition) is 0. The van der Waals surface area contributed by atoms with Crippen molar-refractivity contribution in [2.45, 2.75) is 243 Å². The lowest BCUT2D eigenvalue weighted by Gasteiger charge is -2.49. The molecular formula is C40H80P2. The van der Waals surface area contributed by atoms with Crippen molar-refractivity contribution in [1.82, 2.24) is 0 Å². The molecule has 0 aromatic rings. The van der Waals surface area contributed by atoms with Crippen LogP contribution in [0.5, 0.6) is 0 Å². The molecule has 2 saturated heterocycles. The first-order chi connectivity index (χ1) is 20.6. The molecule has 2 unspecified atom stereocenters. The second kappa shape index (κ2) is 24.1. The molecule has 0 N–H and O–H groups in total. The molecule has 2 aliphatic heterocycles. The van der Waals surface area contributed by atoms with Crippen molar-refractivity contribution >= 4 is 15.8 Å². The van der Waals surface area contributed by atoms with Crippen LogP contribution in [-0.4, -0.2) is 28.0 Å². The first-order valence-corrected chi connectivity index (χ1v) is 23.4. The largest absolute Gasteiger partial charge is 0.0927 e. The Morgan fingerprint density at radius 3 is 1.05 bits per heavy atom. The normalized spacial score (nSPS) is 22.2. The highest BCUT2D eigenvalue weighted by Gasteiger charge is 2.52. The molecule has 42 heavy (non-hydrogen) atoms. The zero-order valence-electron chi connectivity index (χ0n) is 30.1. The van der Waals surface area contributed by atoms with Crippen LogP contribution in [0.4, 0.5) is 0 Å². The molecule has 0 bridgehead atoms. The van der Waals surface area contributed by atoms with Gasteiger partial charge in [-0.1, -0.05) is 185 Å². The van der Waals surface area contributed by atoms with Crippen LogP contribution < -0.4 is 0 Å². The molecule has 2 aliphatic rings. The molecule has 250 valence electrons. The van der Waals surface area contributed by atoms with E-state index < -0.39 is 0 Å². The highest BCUT2D eigenvalue weighted by Crippen LogP contribution is 2.78. The summed E-state index contributed by atoms with van der Waals surface area (Å²) in [6, 6.07) is 0. The van der Waals surface area contributed by atoms with E-state index in [4.69, 9.17) is 0 Å². The fourth-order valence-electron chi connectivity index (χ4n) is 9.11. The van der Waals surface area contributed by atoms with Crippen molar-refractivity contribution in [3.63, 3.8) is 0 Å². The van der Waals surface area contributed by atoms with Gasteiger partial charge >= 0.3 is 0 Å². The van der Waals surface area contributed by atoms with Crippen LogP contribution in [0.25, 0.3) is 0 Å². The summed E-state index contributed by atoms with van der Waals surface area (Å²) in [6.45, 7) is 12.0. The molecule has 0 aliphatic carbocycles. The second-order valence-corrected chi connectivity index (χ2v) is 21.3. The summed E-state index contributed by atoms with van der Waals surface area (Å²) in [5, 5.41) is 2.70. The quantitative estimate of drug-likeness (QED) is 0.0601. The van der Waals surface area contributed by atoms with Gasteiger partial charge in [-0.15, -0.1) is 0 Å². The molecule has 2 atom stereocenters. The summed E-state index contributed by atoms with van der Waals surface area (Å²) in [5.41, 5.74) is 0. The minimum atomic E-state index is 0.193. The zero-order chi connectivity index (χ0) is 30.4. The monoisotopic (exact) mass is 623 g/mol. The second-order valence-electron chi connectivity index (χ2n) is 15.0. The standard InChI is InChI=1S/C40H80P2/c1-6-11-16-21-22-29-38(41-36-27-34-39(41,30-23-17-12-7-2)31-24-18-13-8-3)42-37-28-35-40(42,32-25-19-14-9-4)33-26-20-15-10-5/h38H,6-37H2,1-5H3. The van der Waals surface area contributed by atoms with Crippen LogP contribution >= 0.6 is 15.8 Å². The SMILES string of the molecule is CCCCCCCC(P1CCCC1(CCCCCC)CCCCCC)P1CCCC1(CCCCCC)CCCCCC. The van der Waals surface area contributed by atoms with Gasteiger partial charge in [-0.25, -0.2) is 0 Å². The van der Waals surface area contributed by atoms with E-state index in [0.29, 0.717) is 0 Å². The Hall–Kier alpha value is 0.860. The van der Waals surface area contributed by atoms with E-state index in [2.05, 4.69) is 34.6 Å². The summed E-state index contributed by atoms with van der Waals surface area (Å²) in [5.74, 6) is 0. The lowest BCUT2D eigenvalue weighted by Crippen LogP contribution is -2.32. The van der Waals surface area contributed by atoms with Gasteiger partial charge in [-0.3, -0.25) is 0 Å². The predicted octanol–water partition coefficient (Wildman–Crippen LogP) is 15.6. The van der Waals surface area contributed by atoms with Crippen molar-refractivity contribution in [2.24, 2.45) is 0 Å². The van der Waals surface area contributed by atoms with Gasteiger partial charge < -0.3 is 0 Å². The van der Waals surface area contributed by atoms with Crippen LogP contribution in [-0.2, 0) is 0 Å². The predicted molar refractivity (Wildman–Crippen MR) is 200 cm³/mol. The molecule has 0 spiro atoms. The van der Waals surface area contributed by atoms with Crippen molar-refractivity contribution in [3.8, 4) is 0 Å². The van der Waals surface area contributed by atoms with Gasteiger partial charge in [-0.2, -0.15) is 0 Å². The number of unbranched alkanes of at least 4 members (excludes halogenated alkanes) is 16. The molecule has 2 rings (SSSR count). The molecule has 2 heterocycles. The summed E-state index contributed by atoms with van der Waals surface area (Å²) in [7, 11) is 0.387. The van der Waals surface area contributed by atoms with Gasteiger partial charge in [0.05, 0.1) is 0 Å². The Bertz CT molecular complexity index is 545. The molecule has 0 saturated carbocycles. The molecule has 0 nitrogen and oxygen atoms in total. The van der Waals surface area contributed by atoms with Crippen LogP contribution in [0.1, 0.15) is 227 Å². The van der Waals surface area contributed by atoms with E-state index in [0.717, 1.165) is 15.7 Å². The minimum Gasteiger partial charge on any atom is -0.0927 e. The lowest BCUT2D eigenvalue weighted by atomic mass is 9.90. The van der Waals surface area contributed by atoms with E-state index in [1.165, 1.54) is 103 Å².